The van der Waals surface area contributed by atoms with Gasteiger partial charge in [0.05, 0.1) is 12.2 Å². The van der Waals surface area contributed by atoms with Crippen molar-refractivity contribution in [1.29, 1.82) is 0 Å². The number of hydrogen-bond acceptors (Lipinski definition) is 5. The predicted octanol–water partition coefficient (Wildman–Crippen LogP) is 2.11. The fourth-order valence-corrected chi connectivity index (χ4v) is 3.24. The molecule has 6 heteroatoms. The highest BCUT2D eigenvalue weighted by Crippen LogP contribution is 2.20. The van der Waals surface area contributed by atoms with E-state index in [2.05, 4.69) is 58.4 Å². The molecular formula is C22H28N4O2. The number of amides is 1. The topological polar surface area (TPSA) is 67.8 Å². The number of hydrazine groups is 1. The lowest BCUT2D eigenvalue weighted by Crippen LogP contribution is -2.50. The number of phenols is 1. The molecule has 1 aliphatic rings. The average molecular weight is 380 g/mol. The van der Waals surface area contributed by atoms with Crippen LogP contribution in [0.5, 0.6) is 5.75 Å². The van der Waals surface area contributed by atoms with Gasteiger partial charge >= 0.3 is 0 Å². The Balaban J connectivity index is 1.38. The minimum absolute atomic E-state index is 0.122. The van der Waals surface area contributed by atoms with Crippen LogP contribution in [0.3, 0.4) is 0 Å². The number of phenolic OH excluding ortho intramolecular Hbond substituents is 1. The Labute approximate surface area is 166 Å². The normalized spacial score (nSPS) is 15.2. The van der Waals surface area contributed by atoms with Crippen LogP contribution in [-0.4, -0.2) is 53.5 Å². The number of para-hydroxylation sites is 1. The maximum absolute atomic E-state index is 12.2. The number of benzene rings is 2. The maximum atomic E-state index is 12.2. The molecule has 0 unspecified atom stereocenters. The lowest BCUT2D eigenvalue weighted by atomic mass is 10.1. The molecule has 0 bridgehead atoms. The molecule has 1 aliphatic heterocycles. The van der Waals surface area contributed by atoms with Gasteiger partial charge in [-0.1, -0.05) is 48.5 Å². The second-order valence-electron chi connectivity index (χ2n) is 7.21. The van der Waals surface area contributed by atoms with Crippen LogP contribution in [0.2, 0.25) is 0 Å². The van der Waals surface area contributed by atoms with Crippen molar-refractivity contribution in [3.8, 4) is 5.75 Å². The van der Waals surface area contributed by atoms with Crippen molar-refractivity contribution in [2.24, 2.45) is 0 Å². The number of aryl methyl sites for hydroxylation is 1. The third-order valence-corrected chi connectivity index (χ3v) is 4.94. The van der Waals surface area contributed by atoms with Gasteiger partial charge in [-0.05, 0) is 24.6 Å². The summed E-state index contributed by atoms with van der Waals surface area (Å²) in [4.78, 5) is 16.8. The van der Waals surface area contributed by atoms with E-state index >= 15 is 0 Å². The van der Waals surface area contributed by atoms with E-state index in [1.807, 2.05) is 0 Å². The van der Waals surface area contributed by atoms with Crippen LogP contribution in [-0.2, 0) is 11.3 Å². The molecule has 0 atom stereocenters. The molecule has 3 rings (SSSR count). The number of rotatable bonds is 7. The lowest BCUT2D eigenvalue weighted by Gasteiger charge is -2.34. The van der Waals surface area contributed by atoms with Gasteiger partial charge in [-0.2, -0.15) is 0 Å². The number of aromatic hydroxyl groups is 1. The number of piperazine rings is 1. The summed E-state index contributed by atoms with van der Waals surface area (Å²) in [7, 11) is 0. The largest absolute Gasteiger partial charge is 0.507 e. The lowest BCUT2D eigenvalue weighted by molar-refractivity contribution is -0.123. The molecule has 0 saturated carbocycles. The Morgan fingerprint density at radius 2 is 1.64 bits per heavy atom. The zero-order valence-corrected chi connectivity index (χ0v) is 16.3. The molecule has 2 aromatic carbocycles. The van der Waals surface area contributed by atoms with Crippen LogP contribution in [0.25, 0.3) is 5.70 Å². The molecule has 3 N–H and O–H groups in total. The minimum atomic E-state index is -0.122. The van der Waals surface area contributed by atoms with Crippen molar-refractivity contribution in [1.82, 2.24) is 20.7 Å². The Hall–Kier alpha value is -2.83. The van der Waals surface area contributed by atoms with E-state index in [0.29, 0.717) is 17.8 Å². The zero-order valence-electron chi connectivity index (χ0n) is 16.3. The van der Waals surface area contributed by atoms with Gasteiger partial charge in [-0.25, -0.2) is 0 Å². The predicted molar refractivity (Wildman–Crippen MR) is 111 cm³/mol. The van der Waals surface area contributed by atoms with Crippen LogP contribution in [0.15, 0.2) is 55.1 Å². The van der Waals surface area contributed by atoms with E-state index in [1.54, 1.807) is 24.3 Å². The summed E-state index contributed by atoms with van der Waals surface area (Å²) in [6, 6.07) is 15.5. The third kappa shape index (κ3) is 5.58. The van der Waals surface area contributed by atoms with Gasteiger partial charge in [0, 0.05) is 38.3 Å². The van der Waals surface area contributed by atoms with Crippen LogP contribution in [0, 0.1) is 6.92 Å². The first-order valence-electron chi connectivity index (χ1n) is 9.53. The molecule has 1 amide bonds. The van der Waals surface area contributed by atoms with E-state index in [0.717, 1.165) is 32.7 Å². The highest BCUT2D eigenvalue weighted by atomic mass is 16.3. The molecule has 0 spiro atoms. The SMILES string of the molecule is C=C(NNC(=O)CN1CCN(Cc2ccc(C)cc2)CC1)c1ccccc1O. The second kappa shape index (κ2) is 9.39. The molecule has 1 fully saturated rings. The van der Waals surface area contributed by atoms with Crippen LogP contribution < -0.4 is 10.9 Å². The van der Waals surface area contributed by atoms with Crippen molar-refractivity contribution in [2.45, 2.75) is 13.5 Å². The maximum Gasteiger partial charge on any atom is 0.252 e. The van der Waals surface area contributed by atoms with Gasteiger partial charge in [0.25, 0.3) is 5.91 Å². The Morgan fingerprint density at radius 3 is 2.32 bits per heavy atom. The van der Waals surface area contributed by atoms with E-state index < -0.39 is 0 Å². The average Bonchev–Trinajstić information content (AvgIpc) is 2.70. The summed E-state index contributed by atoms with van der Waals surface area (Å²) in [5.41, 5.74) is 9.06. The number of carbonyl (C=O) groups is 1. The van der Waals surface area contributed by atoms with Crippen LogP contribution >= 0.6 is 0 Å². The molecule has 1 saturated heterocycles. The summed E-state index contributed by atoms with van der Waals surface area (Å²) in [6.45, 7) is 10.8. The minimum Gasteiger partial charge on any atom is -0.507 e. The zero-order chi connectivity index (χ0) is 19.9. The Bertz CT molecular complexity index is 812. The smallest absolute Gasteiger partial charge is 0.252 e. The molecule has 0 radical (unpaired) electrons. The van der Waals surface area contributed by atoms with E-state index in [9.17, 15) is 9.90 Å². The Kier molecular flexibility index (Phi) is 6.68. The fraction of sp³-hybridized carbons (Fsp3) is 0.318. The third-order valence-electron chi connectivity index (χ3n) is 4.94. The van der Waals surface area contributed by atoms with Gasteiger partial charge < -0.3 is 5.11 Å². The van der Waals surface area contributed by atoms with E-state index in [1.165, 1.54) is 11.1 Å². The summed E-state index contributed by atoms with van der Waals surface area (Å²) >= 11 is 0. The van der Waals surface area contributed by atoms with Crippen molar-refractivity contribution >= 4 is 11.6 Å². The van der Waals surface area contributed by atoms with E-state index in [-0.39, 0.29) is 11.7 Å². The van der Waals surface area contributed by atoms with Crippen LogP contribution in [0.1, 0.15) is 16.7 Å². The number of nitrogens with zero attached hydrogens (tertiary/aromatic N) is 2. The summed E-state index contributed by atoms with van der Waals surface area (Å²) in [6.07, 6.45) is 0. The van der Waals surface area contributed by atoms with Gasteiger partial charge in [0.15, 0.2) is 0 Å². The summed E-state index contributed by atoms with van der Waals surface area (Å²) in [5.74, 6) is 0.00232. The highest BCUT2D eigenvalue weighted by molar-refractivity contribution is 5.79. The monoisotopic (exact) mass is 380 g/mol. The van der Waals surface area contributed by atoms with Crippen molar-refractivity contribution in [3.05, 3.63) is 71.8 Å². The number of carbonyl (C=O) groups excluding carboxylic acids is 1. The second-order valence-corrected chi connectivity index (χ2v) is 7.21. The molecule has 148 valence electrons. The highest BCUT2D eigenvalue weighted by Gasteiger charge is 2.19. The number of hydrogen-bond donors (Lipinski definition) is 3. The Morgan fingerprint density at radius 1 is 1.00 bits per heavy atom. The quantitative estimate of drug-likeness (QED) is 0.642. The van der Waals surface area contributed by atoms with Crippen molar-refractivity contribution in [2.75, 3.05) is 32.7 Å². The first-order valence-corrected chi connectivity index (χ1v) is 9.53. The molecule has 0 aliphatic carbocycles. The molecule has 6 nitrogen and oxygen atoms in total. The van der Waals surface area contributed by atoms with E-state index in [4.69, 9.17) is 0 Å². The molecule has 28 heavy (non-hydrogen) atoms. The standard InChI is InChI=1S/C22H28N4O2/c1-17-7-9-19(10-8-17)15-25-11-13-26(14-12-25)16-22(28)24-23-18(2)20-5-3-4-6-21(20)27/h3-10,23,27H,2,11-16H2,1H3,(H,24,28). The van der Waals surface area contributed by atoms with Gasteiger partial charge in [-0.15, -0.1) is 0 Å². The first kappa shape index (κ1) is 19.9. The summed E-state index contributed by atoms with van der Waals surface area (Å²) in [5, 5.41) is 9.82. The fourth-order valence-electron chi connectivity index (χ4n) is 3.24. The van der Waals surface area contributed by atoms with Crippen LogP contribution in [0.4, 0.5) is 0 Å². The van der Waals surface area contributed by atoms with Crippen molar-refractivity contribution in [3.63, 3.8) is 0 Å². The van der Waals surface area contributed by atoms with Gasteiger partial charge in [0.1, 0.15) is 5.75 Å². The van der Waals surface area contributed by atoms with Gasteiger partial charge in [-0.3, -0.25) is 25.4 Å². The first-order chi connectivity index (χ1) is 13.5. The van der Waals surface area contributed by atoms with Crippen molar-refractivity contribution < 1.29 is 9.90 Å². The molecule has 1 heterocycles. The molecule has 2 aromatic rings. The molecular weight excluding hydrogens is 352 g/mol. The van der Waals surface area contributed by atoms with Gasteiger partial charge in [0.2, 0.25) is 0 Å². The number of nitrogens with one attached hydrogen (secondary N) is 2. The molecule has 0 aromatic heterocycles. The summed E-state index contributed by atoms with van der Waals surface area (Å²) < 4.78 is 0.